The number of esters is 1. The SMILES string of the molecule is CC[C@H]1OC(=O)[C@H](C)[C@@H](O)[C@H](C)[C@@H](O[C@@H]2O[C@H](C)C[C@H](N(C)CCc3cn(C[C@H]4CN(c5ccc(N6CCOCC6)c(F)c5)C(=O)O4)nn3)[C@H]2O)[C@](C)(OC)C[C@@H](C)C(=O)[C@H](C)[C@@H](O)[C@]1(C)O. The fourth-order valence-corrected chi connectivity index (χ4v) is 10.3. The summed E-state index contributed by atoms with van der Waals surface area (Å²) in [7, 11) is 3.33. The van der Waals surface area contributed by atoms with Gasteiger partial charge in [-0.1, -0.05) is 32.9 Å². The molecular formula is C47H73FN6O13. The van der Waals surface area contributed by atoms with Crippen LogP contribution >= 0.6 is 0 Å². The van der Waals surface area contributed by atoms with Crippen molar-refractivity contribution >= 4 is 29.2 Å². The van der Waals surface area contributed by atoms with Gasteiger partial charge in [0.15, 0.2) is 6.29 Å². The summed E-state index contributed by atoms with van der Waals surface area (Å²) in [6, 6.07) is 4.28. The average Bonchev–Trinajstić information content (AvgIpc) is 3.92. The number of methoxy groups -OCH3 is 1. The van der Waals surface area contributed by atoms with E-state index in [1.54, 1.807) is 50.7 Å². The standard InChI is InChI=1S/C47H73FN6O13/c1-11-37-47(8,61)41(58)28(4)38(55)26(2)22-46(7,62-10)42(29(5)39(56)30(6)43(59)66-37)67-44-40(57)36(20-27(3)64-44)51(9)15-14-31-23-53(50-49-31)24-33-25-54(45(60)65-33)32-12-13-35(34(48)21-32)52-16-18-63-19-17-52/h12-13,21,23,26-30,33,36-37,39-42,44,56-58,61H,11,14-20,22,24-25H2,1-10H3/t26-,27-,28+,29+,30-,33+,36+,37-,39+,40-,41-,42-,44+,46-,47-/m1/s1. The van der Waals surface area contributed by atoms with Crippen molar-refractivity contribution in [3.8, 4) is 0 Å². The molecular weight excluding hydrogens is 876 g/mol. The van der Waals surface area contributed by atoms with Crippen molar-refractivity contribution in [3.63, 3.8) is 0 Å². The molecule has 5 heterocycles. The van der Waals surface area contributed by atoms with Crippen LogP contribution in [0.5, 0.6) is 0 Å². The van der Waals surface area contributed by atoms with E-state index in [2.05, 4.69) is 10.3 Å². The predicted octanol–water partition coefficient (Wildman–Crippen LogP) is 2.72. The zero-order chi connectivity index (χ0) is 49.1. The summed E-state index contributed by atoms with van der Waals surface area (Å²) in [5.74, 6) is -5.33. The molecule has 0 radical (unpaired) electrons. The van der Waals surface area contributed by atoms with Crippen molar-refractivity contribution in [2.24, 2.45) is 23.7 Å². The third kappa shape index (κ3) is 11.6. The number of hydrogen-bond donors (Lipinski definition) is 4. The van der Waals surface area contributed by atoms with Crippen molar-refractivity contribution in [1.29, 1.82) is 0 Å². The van der Waals surface area contributed by atoms with Gasteiger partial charge in [0.25, 0.3) is 0 Å². The maximum Gasteiger partial charge on any atom is 0.414 e. The first kappa shape index (κ1) is 52.5. The maximum atomic E-state index is 15.2. The quantitative estimate of drug-likeness (QED) is 0.224. The molecule has 4 aliphatic heterocycles. The first-order valence-corrected chi connectivity index (χ1v) is 23.7. The molecule has 15 atom stereocenters. The number of morpholine rings is 1. The Morgan fingerprint density at radius 3 is 2.36 bits per heavy atom. The molecule has 19 nitrogen and oxygen atoms in total. The number of halogens is 1. The highest BCUT2D eigenvalue weighted by Crippen LogP contribution is 2.39. The number of hydrogen-bond acceptors (Lipinski definition) is 17. The van der Waals surface area contributed by atoms with Crippen LogP contribution in [0.4, 0.5) is 20.6 Å². The van der Waals surface area contributed by atoms with Crippen LogP contribution in [0, 0.1) is 29.5 Å². The van der Waals surface area contributed by atoms with Crippen LogP contribution in [-0.4, -0.2) is 178 Å². The molecule has 0 aliphatic carbocycles. The van der Waals surface area contributed by atoms with E-state index in [4.69, 9.17) is 28.4 Å². The van der Waals surface area contributed by atoms with E-state index in [9.17, 15) is 34.8 Å². The number of benzene rings is 1. The highest BCUT2D eigenvalue weighted by atomic mass is 19.1. The van der Waals surface area contributed by atoms with Gasteiger partial charge in [-0.25, -0.2) is 13.9 Å². The minimum Gasteiger partial charge on any atom is -0.459 e. The first-order chi connectivity index (χ1) is 31.6. The van der Waals surface area contributed by atoms with Gasteiger partial charge in [0.2, 0.25) is 0 Å². The number of cyclic esters (lactones) is 2. The highest BCUT2D eigenvalue weighted by molar-refractivity contribution is 5.90. The zero-order valence-corrected chi connectivity index (χ0v) is 40.6. The van der Waals surface area contributed by atoms with E-state index in [0.717, 1.165) is 0 Å². The number of aromatic nitrogens is 3. The third-order valence-corrected chi connectivity index (χ3v) is 14.6. The van der Waals surface area contributed by atoms with Gasteiger partial charge >= 0.3 is 12.1 Å². The Balaban J connectivity index is 1.11. The number of carbonyl (C=O) groups is 3. The summed E-state index contributed by atoms with van der Waals surface area (Å²) in [6.45, 7) is 16.2. The van der Waals surface area contributed by atoms with E-state index in [1.807, 2.05) is 23.8 Å². The fraction of sp³-hybridized carbons (Fsp3) is 0.766. The monoisotopic (exact) mass is 949 g/mol. The van der Waals surface area contributed by atoms with Gasteiger partial charge in [-0.05, 0) is 72.2 Å². The molecule has 0 bridgehead atoms. The molecule has 4 N–H and O–H groups in total. The summed E-state index contributed by atoms with van der Waals surface area (Å²) >= 11 is 0. The molecule has 1 aromatic heterocycles. The van der Waals surface area contributed by atoms with Crippen LogP contribution in [0.25, 0.3) is 0 Å². The van der Waals surface area contributed by atoms with Gasteiger partial charge < -0.3 is 58.6 Å². The highest BCUT2D eigenvalue weighted by Gasteiger charge is 2.52. The number of anilines is 2. The lowest BCUT2D eigenvalue weighted by atomic mass is 9.74. The third-order valence-electron chi connectivity index (χ3n) is 14.6. The number of Topliss-reactive ketones (excluding diaryl/α,β-unsaturated/α-hetero) is 1. The minimum absolute atomic E-state index is 0.0621. The van der Waals surface area contributed by atoms with Gasteiger partial charge in [-0.2, -0.15) is 0 Å². The van der Waals surface area contributed by atoms with Crippen molar-refractivity contribution in [1.82, 2.24) is 19.9 Å². The van der Waals surface area contributed by atoms with Gasteiger partial charge in [0, 0.05) is 63.2 Å². The molecule has 1 amide bonds. The molecule has 4 saturated heterocycles. The van der Waals surface area contributed by atoms with E-state index in [-0.39, 0.29) is 37.8 Å². The van der Waals surface area contributed by atoms with Gasteiger partial charge in [0.05, 0.1) is 79.3 Å². The van der Waals surface area contributed by atoms with E-state index < -0.39 is 102 Å². The van der Waals surface area contributed by atoms with Crippen LogP contribution in [0.1, 0.15) is 80.3 Å². The normalized spacial score (nSPS) is 37.4. The molecule has 2 aromatic rings. The molecule has 0 unspecified atom stereocenters. The molecule has 4 aliphatic rings. The average molecular weight is 949 g/mol. The second-order valence-electron chi connectivity index (χ2n) is 19.6. The van der Waals surface area contributed by atoms with Crippen LogP contribution < -0.4 is 9.80 Å². The molecule has 4 fully saturated rings. The minimum atomic E-state index is -1.97. The second kappa shape index (κ2) is 21.8. The Bertz CT molecular complexity index is 2000. The van der Waals surface area contributed by atoms with Gasteiger partial charge in [-0.15, -0.1) is 5.10 Å². The lowest BCUT2D eigenvalue weighted by molar-refractivity contribution is -0.302. The molecule has 0 spiro atoms. The lowest BCUT2D eigenvalue weighted by Gasteiger charge is -2.48. The van der Waals surface area contributed by atoms with Crippen LogP contribution in [0.3, 0.4) is 0 Å². The lowest BCUT2D eigenvalue weighted by Crippen LogP contribution is -2.60. The number of ether oxygens (including phenoxy) is 6. The molecule has 67 heavy (non-hydrogen) atoms. The second-order valence-corrected chi connectivity index (χ2v) is 19.6. The summed E-state index contributed by atoms with van der Waals surface area (Å²) < 4.78 is 52.6. The number of carbonyl (C=O) groups excluding carboxylic acids is 3. The topological polar surface area (TPSA) is 228 Å². The van der Waals surface area contributed by atoms with Crippen LogP contribution in [-0.2, 0) is 51.0 Å². The van der Waals surface area contributed by atoms with Crippen LogP contribution in [0.15, 0.2) is 24.4 Å². The summed E-state index contributed by atoms with van der Waals surface area (Å²) in [5, 5.41) is 55.2. The fourth-order valence-electron chi connectivity index (χ4n) is 10.3. The van der Waals surface area contributed by atoms with Crippen molar-refractivity contribution in [3.05, 3.63) is 35.9 Å². The Hall–Kier alpha value is -3.86. The molecule has 376 valence electrons. The Morgan fingerprint density at radius 1 is 1.00 bits per heavy atom. The largest absolute Gasteiger partial charge is 0.459 e. The first-order valence-electron chi connectivity index (χ1n) is 23.7. The molecule has 0 saturated carbocycles. The van der Waals surface area contributed by atoms with Crippen molar-refractivity contribution in [2.45, 2.75) is 154 Å². The summed E-state index contributed by atoms with van der Waals surface area (Å²) in [6.07, 6.45) is -6.20. The Labute approximate surface area is 392 Å². The van der Waals surface area contributed by atoms with E-state index >= 15 is 4.39 Å². The number of rotatable bonds is 12. The Morgan fingerprint density at radius 2 is 1.70 bits per heavy atom. The number of likely N-dealkylation sites (N-methyl/N-ethyl adjacent to an activating group) is 1. The van der Waals surface area contributed by atoms with Crippen molar-refractivity contribution in [2.75, 3.05) is 63.4 Å². The molecule has 20 heteroatoms. The number of ketones is 1. The summed E-state index contributed by atoms with van der Waals surface area (Å²) in [5.41, 5.74) is -1.74. The zero-order valence-electron chi connectivity index (χ0n) is 40.6. The van der Waals surface area contributed by atoms with E-state index in [0.29, 0.717) is 62.8 Å². The predicted molar refractivity (Wildman–Crippen MR) is 242 cm³/mol. The summed E-state index contributed by atoms with van der Waals surface area (Å²) in [4.78, 5) is 45.7. The van der Waals surface area contributed by atoms with Gasteiger partial charge in [-0.3, -0.25) is 14.5 Å². The number of aliphatic hydroxyl groups is 4. The number of aliphatic hydroxyl groups excluding tert-OH is 3. The van der Waals surface area contributed by atoms with Crippen LogP contribution in [0.2, 0.25) is 0 Å². The molecule has 1 aromatic carbocycles. The Kier molecular flexibility index (Phi) is 17.1. The number of amides is 1. The molecule has 6 rings (SSSR count). The number of nitrogens with zero attached hydrogens (tertiary/aromatic N) is 6. The van der Waals surface area contributed by atoms with E-state index in [1.165, 1.54) is 38.8 Å². The van der Waals surface area contributed by atoms with Crippen molar-refractivity contribution < 1.29 is 67.6 Å². The van der Waals surface area contributed by atoms with Gasteiger partial charge in [0.1, 0.15) is 35.5 Å². The smallest absolute Gasteiger partial charge is 0.414 e. The maximum absolute atomic E-state index is 15.2.